The van der Waals surface area contributed by atoms with E-state index in [1.165, 1.54) is 12.8 Å². The second-order valence-corrected chi connectivity index (χ2v) is 9.50. The number of piperidine rings is 2. The van der Waals surface area contributed by atoms with Gasteiger partial charge >= 0.3 is 6.09 Å². The Morgan fingerprint density at radius 1 is 1.14 bits per heavy atom. The zero-order valence-corrected chi connectivity index (χ0v) is 17.9. The molecule has 2 aliphatic rings. The van der Waals surface area contributed by atoms with Crippen LogP contribution < -0.4 is 9.62 Å². The van der Waals surface area contributed by atoms with Gasteiger partial charge in [-0.25, -0.2) is 17.9 Å². The van der Waals surface area contributed by atoms with Gasteiger partial charge in [-0.1, -0.05) is 18.2 Å². The molecule has 8 nitrogen and oxygen atoms in total. The molecule has 0 aliphatic carbocycles. The van der Waals surface area contributed by atoms with Crippen LogP contribution in [-0.4, -0.2) is 77.2 Å². The number of likely N-dealkylation sites (tertiary alicyclic amines) is 1. The number of nitrogens with zero attached hydrogens (tertiary/aromatic N) is 2. The molecule has 2 saturated heterocycles. The molecular formula is C20H31N3O5S. The van der Waals surface area contributed by atoms with Crippen molar-refractivity contribution in [2.24, 2.45) is 0 Å². The van der Waals surface area contributed by atoms with Crippen LogP contribution in [0, 0.1) is 0 Å². The van der Waals surface area contributed by atoms with Crippen molar-refractivity contribution in [2.75, 3.05) is 44.5 Å². The van der Waals surface area contributed by atoms with E-state index in [4.69, 9.17) is 9.47 Å². The number of nitrogens with one attached hydrogen (secondary N) is 1. The number of anilines is 1. The van der Waals surface area contributed by atoms with Crippen LogP contribution in [0.5, 0.6) is 0 Å². The fraction of sp³-hybridized carbons (Fsp3) is 0.650. The van der Waals surface area contributed by atoms with Crippen LogP contribution in [0.1, 0.15) is 25.7 Å². The van der Waals surface area contributed by atoms with Gasteiger partial charge in [0.2, 0.25) is 10.0 Å². The average molecular weight is 426 g/mol. The molecule has 0 radical (unpaired) electrons. The molecule has 0 saturated carbocycles. The SMILES string of the molecule is COC(=O)N1CCC[C@H](NS(C)(=O)=O)[C@@H]1COC1CCN(c2ccccc2)CC1. The van der Waals surface area contributed by atoms with Crippen molar-refractivity contribution in [3.8, 4) is 0 Å². The first-order valence-corrected chi connectivity index (χ1v) is 12.0. The predicted molar refractivity (Wildman–Crippen MR) is 112 cm³/mol. The molecule has 2 aliphatic heterocycles. The minimum atomic E-state index is -3.38. The van der Waals surface area contributed by atoms with Crippen LogP contribution in [0.3, 0.4) is 0 Å². The summed E-state index contributed by atoms with van der Waals surface area (Å²) in [7, 11) is -2.04. The Kier molecular flexibility index (Phi) is 7.37. The molecule has 2 fully saturated rings. The number of methoxy groups -OCH3 is 1. The number of sulfonamides is 1. The van der Waals surface area contributed by atoms with Gasteiger partial charge in [0.05, 0.1) is 32.1 Å². The van der Waals surface area contributed by atoms with Crippen molar-refractivity contribution >= 4 is 21.8 Å². The van der Waals surface area contributed by atoms with Crippen molar-refractivity contribution in [3.05, 3.63) is 30.3 Å². The van der Waals surface area contributed by atoms with Gasteiger partial charge in [-0.05, 0) is 37.8 Å². The molecule has 0 bridgehead atoms. The highest BCUT2D eigenvalue weighted by Gasteiger charge is 2.37. The van der Waals surface area contributed by atoms with Crippen LogP contribution in [0.25, 0.3) is 0 Å². The Labute approximate surface area is 173 Å². The van der Waals surface area contributed by atoms with Crippen molar-refractivity contribution in [1.29, 1.82) is 0 Å². The third-order valence-electron chi connectivity index (χ3n) is 5.62. The predicted octanol–water partition coefficient (Wildman–Crippen LogP) is 1.82. The number of carbonyl (C=O) groups excluding carboxylic acids is 1. The summed E-state index contributed by atoms with van der Waals surface area (Å²) < 4.78 is 37.3. The lowest BCUT2D eigenvalue weighted by atomic mass is 9.97. The molecule has 3 rings (SSSR count). The molecule has 1 N–H and O–H groups in total. The first kappa shape index (κ1) is 21.9. The average Bonchev–Trinajstić information content (AvgIpc) is 2.72. The maximum absolute atomic E-state index is 12.2. The number of ether oxygens (including phenoxy) is 2. The molecule has 0 aromatic heterocycles. The third kappa shape index (κ3) is 6.07. The van der Waals surface area contributed by atoms with Crippen molar-refractivity contribution in [2.45, 2.75) is 43.9 Å². The second kappa shape index (κ2) is 9.77. The number of rotatable bonds is 6. The maximum Gasteiger partial charge on any atom is 0.409 e. The number of hydrogen-bond donors (Lipinski definition) is 1. The molecule has 9 heteroatoms. The number of hydrogen-bond acceptors (Lipinski definition) is 6. The molecule has 2 heterocycles. The lowest BCUT2D eigenvalue weighted by Gasteiger charge is -2.41. The van der Waals surface area contributed by atoms with Crippen molar-refractivity contribution in [3.63, 3.8) is 0 Å². The quantitative estimate of drug-likeness (QED) is 0.748. The third-order valence-corrected chi connectivity index (χ3v) is 6.35. The standard InChI is InChI=1S/C20H31N3O5S/c1-27-20(24)23-12-6-9-18(21-29(2,25)26)19(23)15-28-17-10-13-22(14-11-17)16-7-4-3-5-8-16/h3-5,7-8,17-19,21H,6,9-15H2,1-2H3/t18-,19-/m0/s1. The molecule has 0 unspecified atom stereocenters. The second-order valence-electron chi connectivity index (χ2n) is 7.72. The summed E-state index contributed by atoms with van der Waals surface area (Å²) in [5.41, 5.74) is 1.22. The van der Waals surface area contributed by atoms with Crippen LogP contribution in [0.2, 0.25) is 0 Å². The summed E-state index contributed by atoms with van der Waals surface area (Å²) in [6.45, 7) is 2.64. The van der Waals surface area contributed by atoms with Gasteiger partial charge in [-0.3, -0.25) is 0 Å². The Hall–Kier alpha value is -1.84. The molecule has 1 amide bonds. The zero-order chi connectivity index (χ0) is 20.9. The smallest absolute Gasteiger partial charge is 0.409 e. The molecule has 0 spiro atoms. The minimum Gasteiger partial charge on any atom is -0.453 e. The van der Waals surface area contributed by atoms with Gasteiger partial charge in [0.1, 0.15) is 0 Å². The first-order valence-electron chi connectivity index (χ1n) is 10.1. The number of benzene rings is 1. The van der Waals surface area contributed by atoms with Crippen LogP contribution in [0.15, 0.2) is 30.3 Å². The van der Waals surface area contributed by atoms with Crippen LogP contribution >= 0.6 is 0 Å². The topological polar surface area (TPSA) is 88.2 Å². The number of para-hydroxylation sites is 1. The molecular weight excluding hydrogens is 394 g/mol. The molecule has 162 valence electrons. The lowest BCUT2D eigenvalue weighted by Crippen LogP contribution is -2.59. The van der Waals surface area contributed by atoms with E-state index in [2.05, 4.69) is 21.8 Å². The summed E-state index contributed by atoms with van der Waals surface area (Å²) >= 11 is 0. The van der Waals surface area contributed by atoms with E-state index in [-0.39, 0.29) is 24.8 Å². The monoisotopic (exact) mass is 425 g/mol. The van der Waals surface area contributed by atoms with Gasteiger partial charge < -0.3 is 19.3 Å². The highest BCUT2D eigenvalue weighted by atomic mass is 32.2. The molecule has 1 aromatic rings. The summed E-state index contributed by atoms with van der Waals surface area (Å²) in [5.74, 6) is 0. The Morgan fingerprint density at radius 3 is 2.45 bits per heavy atom. The van der Waals surface area contributed by atoms with Gasteiger partial charge in [0.15, 0.2) is 0 Å². The van der Waals surface area contributed by atoms with E-state index in [0.717, 1.165) is 32.2 Å². The fourth-order valence-electron chi connectivity index (χ4n) is 4.17. The van der Waals surface area contributed by atoms with Gasteiger partial charge in [0.25, 0.3) is 0 Å². The molecule has 29 heavy (non-hydrogen) atoms. The highest BCUT2D eigenvalue weighted by molar-refractivity contribution is 7.88. The highest BCUT2D eigenvalue weighted by Crippen LogP contribution is 2.24. The van der Waals surface area contributed by atoms with Crippen molar-refractivity contribution < 1.29 is 22.7 Å². The van der Waals surface area contributed by atoms with E-state index >= 15 is 0 Å². The normalized spacial score (nSPS) is 23.8. The summed E-state index contributed by atoms with van der Waals surface area (Å²) in [4.78, 5) is 16.1. The van der Waals surface area contributed by atoms with E-state index in [9.17, 15) is 13.2 Å². The van der Waals surface area contributed by atoms with E-state index in [0.29, 0.717) is 19.4 Å². The van der Waals surface area contributed by atoms with E-state index in [1.807, 2.05) is 18.2 Å². The Balaban J connectivity index is 1.58. The molecule has 1 aromatic carbocycles. The Bertz CT molecular complexity index is 766. The van der Waals surface area contributed by atoms with E-state index < -0.39 is 16.1 Å². The molecule has 2 atom stereocenters. The number of carbonyl (C=O) groups is 1. The van der Waals surface area contributed by atoms with Crippen molar-refractivity contribution in [1.82, 2.24) is 9.62 Å². The van der Waals surface area contributed by atoms with Crippen LogP contribution in [-0.2, 0) is 19.5 Å². The van der Waals surface area contributed by atoms with Gasteiger partial charge in [-0.2, -0.15) is 0 Å². The summed E-state index contributed by atoms with van der Waals surface area (Å²) in [6, 6.07) is 9.56. The Morgan fingerprint density at radius 2 is 1.83 bits per heavy atom. The number of amides is 1. The fourth-order valence-corrected chi connectivity index (χ4v) is 5.00. The lowest BCUT2D eigenvalue weighted by molar-refractivity contribution is -0.0180. The van der Waals surface area contributed by atoms with E-state index in [1.54, 1.807) is 4.90 Å². The first-order chi connectivity index (χ1) is 13.9. The van der Waals surface area contributed by atoms with Gasteiger partial charge in [-0.15, -0.1) is 0 Å². The summed E-state index contributed by atoms with van der Waals surface area (Å²) in [6.07, 6.45) is 3.96. The minimum absolute atomic E-state index is 0.0928. The summed E-state index contributed by atoms with van der Waals surface area (Å²) in [5, 5.41) is 0. The van der Waals surface area contributed by atoms with Gasteiger partial charge in [0, 0.05) is 31.4 Å². The zero-order valence-electron chi connectivity index (χ0n) is 17.1. The van der Waals surface area contributed by atoms with Crippen LogP contribution in [0.4, 0.5) is 10.5 Å². The largest absolute Gasteiger partial charge is 0.453 e. The maximum atomic E-state index is 12.2.